The Morgan fingerprint density at radius 3 is 2.41 bits per heavy atom. The van der Waals surface area contributed by atoms with Gasteiger partial charge < -0.3 is 19.8 Å². The van der Waals surface area contributed by atoms with Crippen molar-refractivity contribution in [1.29, 1.82) is 0 Å². The number of likely N-dealkylation sites (N-methyl/N-ethyl adjacent to an activating group) is 1. The Kier molecular flexibility index (Phi) is 7.59. The van der Waals surface area contributed by atoms with E-state index in [1.165, 1.54) is 5.56 Å². The first-order chi connectivity index (χ1) is 19.2. The van der Waals surface area contributed by atoms with Crippen molar-refractivity contribution in [2.75, 3.05) is 50.5 Å². The zero-order chi connectivity index (χ0) is 29.9. The summed E-state index contributed by atoms with van der Waals surface area (Å²) in [6.07, 6.45) is 3.04. The van der Waals surface area contributed by atoms with Gasteiger partial charge in [-0.15, -0.1) is 0 Å². The van der Waals surface area contributed by atoms with Crippen LogP contribution < -0.4 is 24.9 Å². The van der Waals surface area contributed by atoms with Gasteiger partial charge in [0, 0.05) is 51.3 Å². The molecular formula is C31H43N4O5S+. The number of sulfonamides is 1. The Morgan fingerprint density at radius 1 is 1.10 bits per heavy atom. The lowest BCUT2D eigenvalue weighted by molar-refractivity contribution is 0.218. The molecule has 5 rings (SSSR count). The highest BCUT2D eigenvalue weighted by Gasteiger charge is 2.38. The molecule has 0 aromatic heterocycles. The second-order valence-electron chi connectivity index (χ2n) is 12.6. The number of hydrogen-bond donors (Lipinski definition) is 2. The Hall–Kier alpha value is -2.79. The van der Waals surface area contributed by atoms with E-state index in [2.05, 4.69) is 70.2 Å². The van der Waals surface area contributed by atoms with Crippen LogP contribution in [0.4, 0.5) is 11.4 Å². The molecule has 2 aromatic carbocycles. The fourth-order valence-electron chi connectivity index (χ4n) is 6.70. The topological polar surface area (TPSA) is 106 Å². The predicted molar refractivity (Wildman–Crippen MR) is 162 cm³/mol. The number of rotatable bonds is 8. The second kappa shape index (κ2) is 10.5. The van der Waals surface area contributed by atoms with Crippen molar-refractivity contribution >= 4 is 27.0 Å². The van der Waals surface area contributed by atoms with E-state index in [4.69, 9.17) is 9.73 Å². The molecule has 1 atom stereocenters. The van der Waals surface area contributed by atoms with E-state index >= 15 is 0 Å². The number of ether oxygens (including phenoxy) is 1. The highest BCUT2D eigenvalue weighted by atomic mass is 32.2. The average Bonchev–Trinajstić information content (AvgIpc) is 2.88. The van der Waals surface area contributed by atoms with Gasteiger partial charge >= 0.3 is 0 Å². The molecule has 0 spiro atoms. The molecule has 0 saturated heterocycles. The smallest absolute Gasteiger partial charge is 0.218 e. The minimum absolute atomic E-state index is 0.0314. The summed E-state index contributed by atoms with van der Waals surface area (Å²) in [6.45, 7) is 12.9. The largest absolute Gasteiger partial charge is 0.452 e. The van der Waals surface area contributed by atoms with E-state index in [1.54, 1.807) is 0 Å². The third-order valence-electron chi connectivity index (χ3n) is 8.86. The van der Waals surface area contributed by atoms with E-state index in [9.17, 15) is 18.6 Å². The molecule has 9 nitrogen and oxygen atoms in total. The first-order valence-electron chi connectivity index (χ1n) is 14.4. The summed E-state index contributed by atoms with van der Waals surface area (Å²) in [4.78, 5) is 7.34. The Morgan fingerprint density at radius 2 is 1.78 bits per heavy atom. The molecule has 10 heteroatoms. The first-order valence-corrected chi connectivity index (χ1v) is 16.0. The summed E-state index contributed by atoms with van der Waals surface area (Å²) in [5.41, 5.74) is 4.22. The van der Waals surface area contributed by atoms with E-state index in [0.29, 0.717) is 28.3 Å². The fraction of sp³-hybridized carbons (Fsp3) is 0.548. The van der Waals surface area contributed by atoms with Crippen molar-refractivity contribution in [2.45, 2.75) is 65.0 Å². The molecule has 0 fully saturated rings. The average molecular weight is 584 g/mol. The Bertz CT molecular complexity index is 1640. The molecule has 3 aliphatic rings. The highest BCUT2D eigenvalue weighted by Crippen LogP contribution is 2.48. The van der Waals surface area contributed by atoms with Gasteiger partial charge in [-0.3, -0.25) is 0 Å². The van der Waals surface area contributed by atoms with Crippen LogP contribution in [0.15, 0.2) is 35.3 Å². The second-order valence-corrected chi connectivity index (χ2v) is 14.5. The number of benzene rings is 2. The lowest BCUT2D eigenvalue weighted by Gasteiger charge is -2.45. The normalized spacial score (nSPS) is 20.3. The number of nitrogens with zero attached hydrogens (tertiary/aromatic N) is 4. The lowest BCUT2D eigenvalue weighted by Crippen LogP contribution is -2.50. The van der Waals surface area contributed by atoms with E-state index in [-0.39, 0.29) is 37.6 Å². The van der Waals surface area contributed by atoms with Gasteiger partial charge in [0.05, 0.1) is 30.6 Å². The summed E-state index contributed by atoms with van der Waals surface area (Å²) in [5, 5.41) is 20.4. The van der Waals surface area contributed by atoms with Crippen LogP contribution in [0.3, 0.4) is 0 Å². The van der Waals surface area contributed by atoms with Crippen LogP contribution >= 0.6 is 0 Å². The predicted octanol–water partition coefficient (Wildman–Crippen LogP) is 2.77. The lowest BCUT2D eigenvalue weighted by atomic mass is 9.80. The molecule has 222 valence electrons. The third kappa shape index (κ3) is 5.20. The van der Waals surface area contributed by atoms with Crippen molar-refractivity contribution in [3.63, 3.8) is 0 Å². The highest BCUT2D eigenvalue weighted by molar-refractivity contribution is 7.89. The third-order valence-corrected chi connectivity index (χ3v) is 10.7. The van der Waals surface area contributed by atoms with Crippen molar-refractivity contribution in [3.8, 4) is 11.5 Å². The molecule has 2 aromatic rings. The van der Waals surface area contributed by atoms with Crippen molar-refractivity contribution in [1.82, 2.24) is 8.88 Å². The maximum Gasteiger partial charge on any atom is 0.218 e. The molecule has 2 N–H and O–H groups in total. The van der Waals surface area contributed by atoms with Gasteiger partial charge in [-0.05, 0) is 62.5 Å². The molecular weight excluding hydrogens is 540 g/mol. The van der Waals surface area contributed by atoms with Gasteiger partial charge in [0.2, 0.25) is 15.4 Å². The summed E-state index contributed by atoms with van der Waals surface area (Å²) in [7, 11) is -1.67. The molecule has 0 saturated carbocycles. The molecule has 3 aliphatic heterocycles. The molecule has 0 aliphatic carbocycles. The number of aliphatic hydroxyl groups excluding tert-OH is 2. The molecule has 1 unspecified atom stereocenters. The van der Waals surface area contributed by atoms with Crippen LogP contribution in [0, 0.1) is 0 Å². The molecule has 0 amide bonds. The Labute approximate surface area is 243 Å². The standard InChI is InChI=1S/C31H43N4O5S/c1-8-35-27-16-29-25(32-24-13-22-20(2)17-30(3,4)33(7)26(22)15-28(24)40-29)14-23(27)21(18-31(35,5)6)19-41(38,39)34(9-11-36)10-12-37/h13-16,18,20,36-37H,8-12,17,19H2,1-7H3/q+1. The molecule has 0 radical (unpaired) electrons. The number of fused-ring (bicyclic) bond motifs is 4. The fourth-order valence-corrected chi connectivity index (χ4v) is 8.23. The van der Waals surface area contributed by atoms with E-state index in [1.807, 2.05) is 18.2 Å². The zero-order valence-electron chi connectivity index (χ0n) is 25.2. The van der Waals surface area contributed by atoms with Crippen LogP contribution in [0.5, 0.6) is 11.5 Å². The van der Waals surface area contributed by atoms with Crippen LogP contribution in [0.25, 0.3) is 5.57 Å². The van der Waals surface area contributed by atoms with Gasteiger partial charge in [0.25, 0.3) is 0 Å². The first kappa shape index (κ1) is 29.7. The summed E-state index contributed by atoms with van der Waals surface area (Å²) in [6, 6.07) is 8.16. The van der Waals surface area contributed by atoms with Gasteiger partial charge in [-0.1, -0.05) is 6.92 Å². The molecule has 0 bridgehead atoms. The van der Waals surface area contributed by atoms with Crippen molar-refractivity contribution < 1.29 is 23.4 Å². The summed E-state index contributed by atoms with van der Waals surface area (Å²) in [5.74, 6) is 1.49. The van der Waals surface area contributed by atoms with E-state index < -0.39 is 15.6 Å². The van der Waals surface area contributed by atoms with Gasteiger partial charge in [-0.25, -0.2) is 18.0 Å². The Balaban J connectivity index is 1.65. The van der Waals surface area contributed by atoms with Crippen molar-refractivity contribution in [2.24, 2.45) is 4.99 Å². The quantitative estimate of drug-likeness (QED) is 0.395. The van der Waals surface area contributed by atoms with Gasteiger partial charge in [0.15, 0.2) is 17.0 Å². The monoisotopic (exact) mass is 583 g/mol. The maximum absolute atomic E-state index is 13.4. The van der Waals surface area contributed by atoms with Gasteiger partial charge in [-0.2, -0.15) is 4.31 Å². The summed E-state index contributed by atoms with van der Waals surface area (Å²) >= 11 is 0. The molecule has 41 heavy (non-hydrogen) atoms. The number of anilines is 1. The van der Waals surface area contributed by atoms with Crippen LogP contribution in [0.2, 0.25) is 0 Å². The van der Waals surface area contributed by atoms with Crippen molar-refractivity contribution in [3.05, 3.63) is 52.2 Å². The molecule has 3 heterocycles. The SMILES string of the molecule is CC[N+]1=c2cc3c(cc2C(CS(=O)(=O)N(CCO)CCO)=CC1(C)C)=Nc1cc2c(cc1O3)N(C)C(C)(C)CC2C. The number of hydrogen-bond acceptors (Lipinski definition) is 7. The maximum atomic E-state index is 13.4. The van der Waals surface area contributed by atoms with E-state index in [0.717, 1.165) is 39.6 Å². The minimum atomic E-state index is -3.80. The summed E-state index contributed by atoms with van der Waals surface area (Å²) < 4.78 is 36.8. The van der Waals surface area contributed by atoms with Crippen LogP contribution in [-0.4, -0.2) is 79.7 Å². The zero-order valence-corrected chi connectivity index (χ0v) is 26.0. The number of aliphatic hydroxyl groups is 2. The van der Waals surface area contributed by atoms with Gasteiger partial charge in [0.1, 0.15) is 17.6 Å². The van der Waals surface area contributed by atoms with Crippen LogP contribution in [0.1, 0.15) is 65.0 Å². The van der Waals surface area contributed by atoms with Crippen LogP contribution in [-0.2, 0) is 10.0 Å². The minimum Gasteiger partial charge on any atom is -0.452 e.